The first-order valence-electron chi connectivity index (χ1n) is 6.91. The number of aliphatic carboxylic acids is 1. The molecule has 0 aromatic rings. The van der Waals surface area contributed by atoms with Gasteiger partial charge >= 0.3 is 5.97 Å². The van der Waals surface area contributed by atoms with Gasteiger partial charge in [-0.05, 0) is 32.7 Å². The maximum Gasteiger partial charge on any atom is 0.323 e. The standard InChI is InChI=1S/C13H24N2O3/c1-13(12(16)17)4-2-3-5-15(13)7-6-14-8-10-18-11-9-14/h2-11H2,1H3,(H,16,17). The molecule has 2 saturated heterocycles. The van der Waals surface area contributed by atoms with Crippen LogP contribution in [0, 0.1) is 0 Å². The fourth-order valence-electron chi connectivity index (χ4n) is 2.86. The number of nitrogens with zero attached hydrogens (tertiary/aromatic N) is 2. The van der Waals surface area contributed by atoms with E-state index in [0.717, 1.165) is 65.2 Å². The molecule has 2 aliphatic rings. The summed E-state index contributed by atoms with van der Waals surface area (Å²) < 4.78 is 5.32. The molecule has 18 heavy (non-hydrogen) atoms. The van der Waals surface area contributed by atoms with E-state index in [1.165, 1.54) is 0 Å². The first kappa shape index (κ1) is 13.8. The van der Waals surface area contributed by atoms with Crippen LogP contribution in [-0.4, -0.2) is 72.4 Å². The molecule has 1 atom stereocenters. The van der Waals surface area contributed by atoms with Gasteiger partial charge in [-0.3, -0.25) is 14.6 Å². The molecule has 1 N–H and O–H groups in total. The van der Waals surface area contributed by atoms with Crippen molar-refractivity contribution in [1.29, 1.82) is 0 Å². The van der Waals surface area contributed by atoms with Crippen molar-refractivity contribution in [2.75, 3.05) is 45.9 Å². The van der Waals surface area contributed by atoms with Gasteiger partial charge in [0.25, 0.3) is 0 Å². The number of likely N-dealkylation sites (tertiary alicyclic amines) is 1. The number of carbonyl (C=O) groups is 1. The van der Waals surface area contributed by atoms with E-state index in [0.29, 0.717) is 0 Å². The molecule has 2 heterocycles. The highest BCUT2D eigenvalue weighted by Crippen LogP contribution is 2.27. The molecule has 0 bridgehead atoms. The summed E-state index contributed by atoms with van der Waals surface area (Å²) >= 11 is 0. The fraction of sp³-hybridized carbons (Fsp3) is 0.923. The molecule has 0 aromatic heterocycles. The van der Waals surface area contributed by atoms with Crippen LogP contribution in [0.15, 0.2) is 0 Å². The predicted molar refractivity (Wildman–Crippen MR) is 68.7 cm³/mol. The number of hydrogen-bond donors (Lipinski definition) is 1. The van der Waals surface area contributed by atoms with E-state index in [1.807, 2.05) is 6.92 Å². The van der Waals surface area contributed by atoms with E-state index in [1.54, 1.807) is 0 Å². The van der Waals surface area contributed by atoms with Crippen LogP contribution in [0.1, 0.15) is 26.2 Å². The average molecular weight is 256 g/mol. The predicted octanol–water partition coefficient (Wildman–Crippen LogP) is 0.648. The lowest BCUT2D eigenvalue weighted by molar-refractivity contribution is -0.153. The Hall–Kier alpha value is -0.650. The van der Waals surface area contributed by atoms with Crippen molar-refractivity contribution in [3.05, 3.63) is 0 Å². The second kappa shape index (κ2) is 5.99. The Balaban J connectivity index is 1.87. The minimum atomic E-state index is -0.677. The first-order valence-corrected chi connectivity index (χ1v) is 6.91. The Bertz CT molecular complexity index is 292. The Kier molecular flexibility index (Phi) is 4.59. The molecule has 1 unspecified atom stereocenters. The summed E-state index contributed by atoms with van der Waals surface area (Å²) in [6, 6.07) is 0. The third kappa shape index (κ3) is 3.02. The van der Waals surface area contributed by atoms with Gasteiger partial charge in [0.15, 0.2) is 0 Å². The topological polar surface area (TPSA) is 53.0 Å². The van der Waals surface area contributed by atoms with E-state index in [9.17, 15) is 9.90 Å². The van der Waals surface area contributed by atoms with Crippen molar-refractivity contribution in [3.63, 3.8) is 0 Å². The number of rotatable bonds is 4. The summed E-state index contributed by atoms with van der Waals surface area (Å²) in [5.74, 6) is -0.677. The number of hydrogen-bond acceptors (Lipinski definition) is 4. The zero-order valence-corrected chi connectivity index (χ0v) is 11.2. The molecule has 0 spiro atoms. The van der Waals surface area contributed by atoms with Gasteiger partial charge in [-0.25, -0.2) is 0 Å². The summed E-state index contributed by atoms with van der Waals surface area (Å²) in [5.41, 5.74) is -0.662. The second-order valence-corrected chi connectivity index (χ2v) is 5.48. The van der Waals surface area contributed by atoms with Crippen molar-refractivity contribution in [2.24, 2.45) is 0 Å². The molecule has 5 nitrogen and oxygen atoms in total. The van der Waals surface area contributed by atoms with Crippen molar-refractivity contribution in [1.82, 2.24) is 9.80 Å². The highest BCUT2D eigenvalue weighted by Gasteiger charge is 2.40. The van der Waals surface area contributed by atoms with Crippen LogP contribution in [0.5, 0.6) is 0 Å². The maximum atomic E-state index is 11.5. The quantitative estimate of drug-likeness (QED) is 0.800. The lowest BCUT2D eigenvalue weighted by Crippen LogP contribution is -2.57. The molecule has 0 radical (unpaired) electrons. The number of piperidine rings is 1. The van der Waals surface area contributed by atoms with Crippen molar-refractivity contribution < 1.29 is 14.6 Å². The zero-order chi connectivity index (χ0) is 13.0. The van der Waals surface area contributed by atoms with Gasteiger partial charge < -0.3 is 9.84 Å². The van der Waals surface area contributed by atoms with E-state index in [2.05, 4.69) is 9.80 Å². The zero-order valence-electron chi connectivity index (χ0n) is 11.2. The molecular weight excluding hydrogens is 232 g/mol. The molecule has 0 amide bonds. The van der Waals surface area contributed by atoms with Gasteiger partial charge in [0.2, 0.25) is 0 Å². The molecule has 0 aromatic carbocycles. The second-order valence-electron chi connectivity index (χ2n) is 5.48. The minimum Gasteiger partial charge on any atom is -0.480 e. The number of ether oxygens (including phenoxy) is 1. The lowest BCUT2D eigenvalue weighted by atomic mass is 9.88. The van der Waals surface area contributed by atoms with Gasteiger partial charge in [0, 0.05) is 26.2 Å². The molecule has 0 saturated carbocycles. The van der Waals surface area contributed by atoms with Crippen LogP contribution in [0.25, 0.3) is 0 Å². The monoisotopic (exact) mass is 256 g/mol. The summed E-state index contributed by atoms with van der Waals surface area (Å²) in [6.45, 7) is 8.12. The van der Waals surface area contributed by atoms with Gasteiger partial charge in [0.1, 0.15) is 5.54 Å². The molecule has 104 valence electrons. The molecule has 2 aliphatic heterocycles. The molecule has 2 fully saturated rings. The summed E-state index contributed by atoms with van der Waals surface area (Å²) in [7, 11) is 0. The Morgan fingerprint density at radius 3 is 2.61 bits per heavy atom. The summed E-state index contributed by atoms with van der Waals surface area (Å²) in [4.78, 5) is 16.0. The van der Waals surface area contributed by atoms with Gasteiger partial charge in [-0.15, -0.1) is 0 Å². The van der Waals surface area contributed by atoms with Crippen LogP contribution in [0.2, 0.25) is 0 Å². The summed E-state index contributed by atoms with van der Waals surface area (Å²) in [5, 5.41) is 9.43. The van der Waals surface area contributed by atoms with Crippen LogP contribution in [-0.2, 0) is 9.53 Å². The third-order valence-electron chi connectivity index (χ3n) is 4.29. The van der Waals surface area contributed by atoms with Crippen LogP contribution >= 0.6 is 0 Å². The van der Waals surface area contributed by atoms with Gasteiger partial charge in [0.05, 0.1) is 13.2 Å². The fourth-order valence-corrected chi connectivity index (χ4v) is 2.86. The molecule has 0 aliphatic carbocycles. The third-order valence-corrected chi connectivity index (χ3v) is 4.29. The SMILES string of the molecule is CC1(C(=O)O)CCCCN1CCN1CCOCC1. The number of carboxylic acids is 1. The van der Waals surface area contributed by atoms with E-state index < -0.39 is 11.5 Å². The van der Waals surface area contributed by atoms with Crippen LogP contribution < -0.4 is 0 Å². The highest BCUT2D eigenvalue weighted by molar-refractivity contribution is 5.78. The van der Waals surface area contributed by atoms with Crippen LogP contribution in [0.4, 0.5) is 0 Å². The Morgan fingerprint density at radius 2 is 1.94 bits per heavy atom. The van der Waals surface area contributed by atoms with Crippen molar-refractivity contribution >= 4 is 5.97 Å². The highest BCUT2D eigenvalue weighted by atomic mass is 16.5. The van der Waals surface area contributed by atoms with Gasteiger partial charge in [-0.1, -0.05) is 0 Å². The molecule has 2 rings (SSSR count). The smallest absolute Gasteiger partial charge is 0.323 e. The minimum absolute atomic E-state index is 0.662. The first-order chi connectivity index (χ1) is 8.63. The van der Waals surface area contributed by atoms with E-state index in [-0.39, 0.29) is 0 Å². The van der Waals surface area contributed by atoms with E-state index in [4.69, 9.17) is 4.74 Å². The summed E-state index contributed by atoms with van der Waals surface area (Å²) in [6.07, 6.45) is 2.91. The Morgan fingerprint density at radius 1 is 1.22 bits per heavy atom. The van der Waals surface area contributed by atoms with Crippen LogP contribution in [0.3, 0.4) is 0 Å². The maximum absolute atomic E-state index is 11.5. The normalized spacial score (nSPS) is 31.4. The van der Waals surface area contributed by atoms with Crippen molar-refractivity contribution in [2.45, 2.75) is 31.7 Å². The Labute approximate surface area is 109 Å². The number of morpholine rings is 1. The van der Waals surface area contributed by atoms with E-state index >= 15 is 0 Å². The lowest BCUT2D eigenvalue weighted by Gasteiger charge is -2.42. The average Bonchev–Trinajstić information content (AvgIpc) is 2.39. The van der Waals surface area contributed by atoms with Crippen molar-refractivity contribution in [3.8, 4) is 0 Å². The number of carboxylic acid groups (broad SMARTS) is 1. The molecule has 5 heteroatoms. The largest absolute Gasteiger partial charge is 0.480 e. The molecular formula is C13H24N2O3. The van der Waals surface area contributed by atoms with Gasteiger partial charge in [-0.2, -0.15) is 0 Å².